The molecule has 0 aromatic heterocycles. The third-order valence-electron chi connectivity index (χ3n) is 2.36. The van der Waals surface area contributed by atoms with Gasteiger partial charge in [0.1, 0.15) is 0 Å². The van der Waals surface area contributed by atoms with E-state index < -0.39 is 0 Å². The quantitative estimate of drug-likeness (QED) is 0.599. The van der Waals surface area contributed by atoms with E-state index in [1.165, 1.54) is 0 Å². The van der Waals surface area contributed by atoms with Crippen molar-refractivity contribution in [1.29, 1.82) is 0 Å². The predicted octanol–water partition coefficient (Wildman–Crippen LogP) is 1.18. The lowest BCUT2D eigenvalue weighted by Crippen LogP contribution is -2.37. The summed E-state index contributed by atoms with van der Waals surface area (Å²) in [5.74, 6) is 0.355. The highest BCUT2D eigenvalue weighted by Crippen LogP contribution is 2.23. The van der Waals surface area contributed by atoms with Crippen molar-refractivity contribution in [2.45, 2.75) is 38.9 Å². The summed E-state index contributed by atoms with van der Waals surface area (Å²) >= 11 is 0. The van der Waals surface area contributed by atoms with Crippen LogP contribution in [0.1, 0.15) is 26.7 Å². The van der Waals surface area contributed by atoms with Gasteiger partial charge in [-0.15, -0.1) is 0 Å². The van der Waals surface area contributed by atoms with E-state index in [0.717, 1.165) is 19.4 Å². The smallest absolute Gasteiger partial charge is 0.0614 e. The molecule has 1 N–H and O–H groups in total. The Morgan fingerprint density at radius 2 is 2.30 bits per heavy atom. The number of aliphatic hydroxyl groups excluding tert-OH is 1. The second kappa shape index (κ2) is 3.35. The minimum absolute atomic E-state index is 0.131. The zero-order valence-electron chi connectivity index (χ0n) is 6.71. The van der Waals surface area contributed by atoms with Crippen molar-refractivity contribution in [3.05, 3.63) is 0 Å². The Hall–Kier alpha value is -0.0800. The third-order valence-corrected chi connectivity index (χ3v) is 2.36. The van der Waals surface area contributed by atoms with Crippen molar-refractivity contribution in [3.8, 4) is 0 Å². The molecule has 0 bridgehead atoms. The van der Waals surface area contributed by atoms with E-state index in [4.69, 9.17) is 4.74 Å². The zero-order valence-corrected chi connectivity index (χ0v) is 6.71. The van der Waals surface area contributed by atoms with Crippen molar-refractivity contribution < 1.29 is 9.84 Å². The molecule has 3 atom stereocenters. The van der Waals surface area contributed by atoms with Crippen molar-refractivity contribution in [2.24, 2.45) is 5.92 Å². The summed E-state index contributed by atoms with van der Waals surface area (Å²) in [6, 6.07) is 0. The van der Waals surface area contributed by atoms with Crippen LogP contribution in [0.15, 0.2) is 0 Å². The van der Waals surface area contributed by atoms with Gasteiger partial charge in [-0.25, -0.2) is 0 Å². The Morgan fingerprint density at radius 1 is 1.60 bits per heavy atom. The first-order chi connectivity index (χ1) is 4.75. The normalized spacial score (nSPS) is 41.7. The fraction of sp³-hybridized carbons (Fsp3) is 1.00. The Morgan fingerprint density at radius 3 is 2.70 bits per heavy atom. The van der Waals surface area contributed by atoms with Gasteiger partial charge in [0.25, 0.3) is 0 Å². The highest BCUT2D eigenvalue weighted by atomic mass is 16.5. The molecule has 0 radical (unpaired) electrons. The third kappa shape index (κ3) is 1.50. The maximum atomic E-state index is 9.46. The number of hydrogen-bond donors (Lipinski definition) is 1. The van der Waals surface area contributed by atoms with Gasteiger partial charge in [0.15, 0.2) is 0 Å². The molecule has 1 saturated heterocycles. The summed E-state index contributed by atoms with van der Waals surface area (Å²) in [5.41, 5.74) is 0. The minimum Gasteiger partial charge on any atom is -0.393 e. The molecule has 0 aromatic carbocycles. The van der Waals surface area contributed by atoms with E-state index in [9.17, 15) is 5.11 Å². The lowest BCUT2D eigenvalue weighted by Gasteiger charge is -2.32. The summed E-state index contributed by atoms with van der Waals surface area (Å²) in [4.78, 5) is 0. The standard InChI is InChI=1S/C8H16O2/c1-3-7-6(2)10-5-4-8(7)9/h6-9H,3-5H2,1-2H3. The van der Waals surface area contributed by atoms with Crippen LogP contribution < -0.4 is 0 Å². The lowest BCUT2D eigenvalue weighted by atomic mass is 9.90. The van der Waals surface area contributed by atoms with Crippen LogP contribution in [0.4, 0.5) is 0 Å². The van der Waals surface area contributed by atoms with E-state index >= 15 is 0 Å². The highest BCUT2D eigenvalue weighted by Gasteiger charge is 2.27. The molecule has 1 heterocycles. The van der Waals surface area contributed by atoms with Crippen molar-refractivity contribution in [3.63, 3.8) is 0 Å². The van der Waals surface area contributed by atoms with E-state index in [0.29, 0.717) is 5.92 Å². The molecule has 1 rings (SSSR count). The van der Waals surface area contributed by atoms with E-state index in [1.807, 2.05) is 6.92 Å². The molecule has 0 saturated carbocycles. The predicted molar refractivity (Wildman–Crippen MR) is 39.8 cm³/mol. The van der Waals surface area contributed by atoms with E-state index in [2.05, 4.69) is 6.92 Å². The Kier molecular flexibility index (Phi) is 2.69. The van der Waals surface area contributed by atoms with Crippen LogP contribution in [-0.4, -0.2) is 23.9 Å². The van der Waals surface area contributed by atoms with Gasteiger partial charge in [0.05, 0.1) is 12.2 Å². The van der Waals surface area contributed by atoms with Gasteiger partial charge in [-0.1, -0.05) is 6.92 Å². The summed E-state index contributed by atoms with van der Waals surface area (Å²) in [5, 5.41) is 9.46. The van der Waals surface area contributed by atoms with Gasteiger partial charge in [0, 0.05) is 12.5 Å². The number of ether oxygens (including phenoxy) is 1. The molecule has 0 amide bonds. The Balaban J connectivity index is 2.45. The highest BCUT2D eigenvalue weighted by molar-refractivity contribution is 4.77. The van der Waals surface area contributed by atoms with E-state index in [-0.39, 0.29) is 12.2 Å². The van der Waals surface area contributed by atoms with Gasteiger partial charge >= 0.3 is 0 Å². The molecule has 0 aliphatic carbocycles. The first-order valence-electron chi connectivity index (χ1n) is 4.05. The minimum atomic E-state index is -0.131. The average molecular weight is 144 g/mol. The average Bonchev–Trinajstić information content (AvgIpc) is 1.88. The van der Waals surface area contributed by atoms with Crippen LogP contribution in [0.25, 0.3) is 0 Å². The van der Waals surface area contributed by atoms with Gasteiger partial charge in [-0.2, -0.15) is 0 Å². The second-order valence-electron chi connectivity index (χ2n) is 3.00. The van der Waals surface area contributed by atoms with Crippen LogP contribution in [0.2, 0.25) is 0 Å². The molecule has 1 aliphatic heterocycles. The topological polar surface area (TPSA) is 29.5 Å². The molecule has 2 heteroatoms. The summed E-state index contributed by atoms with van der Waals surface area (Å²) in [7, 11) is 0. The molecular formula is C8H16O2. The van der Waals surface area contributed by atoms with Crippen LogP contribution in [0.3, 0.4) is 0 Å². The van der Waals surface area contributed by atoms with Crippen LogP contribution in [-0.2, 0) is 4.74 Å². The fourth-order valence-electron chi connectivity index (χ4n) is 1.63. The molecular weight excluding hydrogens is 128 g/mol. The maximum absolute atomic E-state index is 9.46. The molecule has 0 spiro atoms. The fourth-order valence-corrected chi connectivity index (χ4v) is 1.63. The molecule has 1 aliphatic rings. The first-order valence-corrected chi connectivity index (χ1v) is 4.05. The SMILES string of the molecule is CCC1C(O)CCOC1C. The van der Waals surface area contributed by atoms with Gasteiger partial charge in [-0.05, 0) is 19.8 Å². The molecule has 60 valence electrons. The molecule has 2 nitrogen and oxygen atoms in total. The van der Waals surface area contributed by atoms with Crippen molar-refractivity contribution in [1.82, 2.24) is 0 Å². The molecule has 0 aromatic rings. The Labute approximate surface area is 62.2 Å². The monoisotopic (exact) mass is 144 g/mol. The summed E-state index contributed by atoms with van der Waals surface area (Å²) in [6.07, 6.45) is 1.94. The lowest BCUT2D eigenvalue weighted by molar-refractivity contribution is -0.0842. The van der Waals surface area contributed by atoms with Gasteiger partial charge in [-0.3, -0.25) is 0 Å². The van der Waals surface area contributed by atoms with Crippen molar-refractivity contribution >= 4 is 0 Å². The number of rotatable bonds is 1. The largest absolute Gasteiger partial charge is 0.393 e. The Bertz CT molecular complexity index is 93.4. The molecule has 3 unspecified atom stereocenters. The number of aliphatic hydroxyl groups is 1. The van der Waals surface area contributed by atoms with Crippen LogP contribution in [0, 0.1) is 5.92 Å². The van der Waals surface area contributed by atoms with Crippen LogP contribution in [0.5, 0.6) is 0 Å². The first kappa shape index (κ1) is 8.02. The van der Waals surface area contributed by atoms with E-state index in [1.54, 1.807) is 0 Å². The summed E-state index contributed by atoms with van der Waals surface area (Å²) in [6.45, 7) is 4.86. The van der Waals surface area contributed by atoms with Gasteiger partial charge < -0.3 is 9.84 Å². The second-order valence-corrected chi connectivity index (χ2v) is 3.00. The van der Waals surface area contributed by atoms with Crippen molar-refractivity contribution in [2.75, 3.05) is 6.61 Å². The molecule has 1 fully saturated rings. The van der Waals surface area contributed by atoms with Gasteiger partial charge in [0.2, 0.25) is 0 Å². The maximum Gasteiger partial charge on any atom is 0.0614 e. The molecule has 10 heavy (non-hydrogen) atoms. The summed E-state index contributed by atoms with van der Waals surface area (Å²) < 4.78 is 5.39. The number of hydrogen-bond acceptors (Lipinski definition) is 2. The van der Waals surface area contributed by atoms with Crippen LogP contribution >= 0.6 is 0 Å². The zero-order chi connectivity index (χ0) is 7.56.